The first kappa shape index (κ1) is 26.2. The zero-order valence-corrected chi connectivity index (χ0v) is 22.0. The molecule has 0 bridgehead atoms. The highest BCUT2D eigenvalue weighted by Gasteiger charge is 2.71. The Morgan fingerprint density at radius 1 is 0.844 bits per heavy atom. The van der Waals surface area contributed by atoms with Crippen LogP contribution in [0.15, 0.2) is 63.5 Å². The summed E-state index contributed by atoms with van der Waals surface area (Å²) in [5.41, 5.74) is -1.13. The molecule has 0 fully saturated rings. The fourth-order valence-corrected chi connectivity index (χ4v) is 6.35. The Balaban J connectivity index is 2.27. The fraction of sp³-hybridized carbons (Fsp3) is 0.211. The molecule has 0 radical (unpaired) electrons. The number of benzene rings is 2. The summed E-state index contributed by atoms with van der Waals surface area (Å²) >= 11 is 43.9. The van der Waals surface area contributed by atoms with Gasteiger partial charge < -0.3 is 5.32 Å². The van der Waals surface area contributed by atoms with Crippen LogP contribution < -0.4 is 10.0 Å². The van der Waals surface area contributed by atoms with Crippen LogP contribution in [0.1, 0.15) is 5.56 Å². The van der Waals surface area contributed by atoms with Crippen molar-refractivity contribution >= 4 is 103 Å². The average molecular weight is 598 g/mol. The van der Waals surface area contributed by atoms with Crippen LogP contribution in [0.25, 0.3) is 0 Å². The van der Waals surface area contributed by atoms with Crippen molar-refractivity contribution in [1.82, 2.24) is 4.72 Å². The largest absolute Gasteiger partial charge is 0.359 e. The summed E-state index contributed by atoms with van der Waals surface area (Å²) in [4.78, 5) is 12.4. The molecular formula is C19H13Cl7N2O3S. The van der Waals surface area contributed by atoms with Crippen molar-refractivity contribution in [3.05, 3.63) is 69.2 Å². The molecule has 0 saturated carbocycles. The number of hydrogen-bond donors (Lipinski definition) is 2. The Kier molecular flexibility index (Phi) is 7.36. The molecule has 0 saturated heterocycles. The predicted octanol–water partition coefficient (Wildman–Crippen LogP) is 6.35. The molecule has 2 N–H and O–H groups in total. The number of carbonyl (C=O) groups is 1. The Labute approximate surface area is 219 Å². The van der Waals surface area contributed by atoms with Crippen molar-refractivity contribution < 1.29 is 13.2 Å². The Morgan fingerprint density at radius 3 is 1.91 bits per heavy atom. The molecule has 0 aromatic heterocycles. The molecule has 0 spiro atoms. The predicted molar refractivity (Wildman–Crippen MR) is 132 cm³/mol. The second-order valence-electron chi connectivity index (χ2n) is 6.91. The van der Waals surface area contributed by atoms with Crippen LogP contribution in [-0.2, 0) is 14.8 Å². The molecule has 5 nitrogen and oxygen atoms in total. The van der Waals surface area contributed by atoms with Gasteiger partial charge >= 0.3 is 0 Å². The molecule has 0 amide bonds. The highest BCUT2D eigenvalue weighted by atomic mass is 35.5. The fourth-order valence-electron chi connectivity index (χ4n) is 2.91. The third-order valence-corrected chi connectivity index (χ3v) is 9.75. The number of rotatable bonds is 5. The molecule has 0 heterocycles. The van der Waals surface area contributed by atoms with Crippen LogP contribution in [-0.4, -0.2) is 28.5 Å². The Morgan fingerprint density at radius 2 is 1.38 bits per heavy atom. The number of anilines is 1. The Bertz CT molecular complexity index is 1200. The number of allylic oxidation sites excluding steroid dienone is 1. The van der Waals surface area contributed by atoms with Gasteiger partial charge in [-0.3, -0.25) is 4.79 Å². The van der Waals surface area contributed by atoms with E-state index in [1.54, 1.807) is 24.3 Å². The molecule has 1 aliphatic rings. The third kappa shape index (κ3) is 4.35. The van der Waals surface area contributed by atoms with E-state index in [0.29, 0.717) is 10.7 Å². The number of halogens is 7. The van der Waals surface area contributed by atoms with Crippen molar-refractivity contribution in [1.29, 1.82) is 0 Å². The van der Waals surface area contributed by atoms with Gasteiger partial charge in [0, 0.05) is 10.7 Å². The lowest BCUT2D eigenvalue weighted by Gasteiger charge is -2.50. The maximum absolute atomic E-state index is 13.3. The van der Waals surface area contributed by atoms with Gasteiger partial charge in [0.25, 0.3) is 0 Å². The summed E-state index contributed by atoms with van der Waals surface area (Å²) in [6, 6.07) is 11.9. The molecule has 2 aromatic rings. The molecule has 172 valence electrons. The lowest BCUT2D eigenvalue weighted by molar-refractivity contribution is -0.116. The zero-order valence-electron chi connectivity index (χ0n) is 15.9. The van der Waals surface area contributed by atoms with E-state index in [1.807, 2.05) is 6.92 Å². The summed E-state index contributed by atoms with van der Waals surface area (Å²) in [5.74, 6) is -1.09. The van der Waals surface area contributed by atoms with Gasteiger partial charge in [-0.05, 0) is 43.3 Å². The normalized spacial score (nSPS) is 22.7. The van der Waals surface area contributed by atoms with Crippen LogP contribution in [0.3, 0.4) is 0 Å². The number of ketones is 1. The van der Waals surface area contributed by atoms with E-state index in [-0.39, 0.29) is 4.90 Å². The maximum Gasteiger partial charge on any atom is 0.242 e. The van der Waals surface area contributed by atoms with E-state index in [4.69, 9.17) is 81.2 Å². The average Bonchev–Trinajstić information content (AvgIpc) is 2.72. The van der Waals surface area contributed by atoms with E-state index >= 15 is 0 Å². The minimum Gasteiger partial charge on any atom is -0.359 e. The van der Waals surface area contributed by atoms with Crippen LogP contribution in [0.2, 0.25) is 5.02 Å². The number of hydrogen-bond acceptors (Lipinski definition) is 4. The summed E-state index contributed by atoms with van der Waals surface area (Å²) in [7, 11) is -4.40. The highest BCUT2D eigenvalue weighted by Crippen LogP contribution is 2.58. The van der Waals surface area contributed by atoms with Gasteiger partial charge in [0.2, 0.25) is 24.5 Å². The monoisotopic (exact) mass is 594 g/mol. The van der Waals surface area contributed by atoms with Gasteiger partial charge in [-0.25, -0.2) is 8.42 Å². The second-order valence-corrected chi connectivity index (χ2v) is 12.4. The molecule has 13 heteroatoms. The number of carbonyl (C=O) groups excluding carboxylic acids is 1. The summed E-state index contributed by atoms with van der Waals surface area (Å²) < 4.78 is 23.7. The van der Waals surface area contributed by atoms with Gasteiger partial charge in [0.1, 0.15) is 5.03 Å². The Hall–Kier alpha value is -0.410. The van der Waals surface area contributed by atoms with Gasteiger partial charge in [-0.1, -0.05) is 98.9 Å². The minimum absolute atomic E-state index is 0.205. The van der Waals surface area contributed by atoms with Crippen LogP contribution in [0.4, 0.5) is 5.69 Å². The van der Waals surface area contributed by atoms with Gasteiger partial charge in [0.05, 0.1) is 9.93 Å². The van der Waals surface area contributed by atoms with Gasteiger partial charge in [0.15, 0.2) is 5.66 Å². The summed E-state index contributed by atoms with van der Waals surface area (Å²) in [5, 5.41) is 1.94. The number of aryl methyl sites for hydroxylation is 1. The first-order valence-corrected chi connectivity index (χ1v) is 12.8. The molecule has 3 rings (SSSR count). The first-order chi connectivity index (χ1) is 14.7. The standard InChI is InChI=1S/C19H13Cl7N2O3S/c1-10-2-6-12(7-3-10)27-18(28-32(30,31)13-8-4-11(20)5-9-13)15(22)14(21)16(29)17(23,24)19(18,25)26/h2-9,27-28H,1H3/t18-/m0/s1. The van der Waals surface area contributed by atoms with E-state index < -0.39 is 40.2 Å². The molecular weight excluding hydrogens is 584 g/mol. The smallest absolute Gasteiger partial charge is 0.242 e. The molecule has 2 aromatic carbocycles. The second kappa shape index (κ2) is 8.99. The number of alkyl halides is 4. The highest BCUT2D eigenvalue weighted by molar-refractivity contribution is 7.89. The number of Topliss-reactive ketones (excluding diaryl/α,β-unsaturated/α-hetero) is 1. The number of sulfonamides is 1. The molecule has 0 aliphatic heterocycles. The summed E-state index contributed by atoms with van der Waals surface area (Å²) in [6.45, 7) is 1.85. The van der Waals surface area contributed by atoms with Crippen LogP contribution >= 0.6 is 81.2 Å². The van der Waals surface area contributed by atoms with Crippen molar-refractivity contribution in [2.24, 2.45) is 0 Å². The van der Waals surface area contributed by atoms with E-state index in [1.165, 1.54) is 24.3 Å². The van der Waals surface area contributed by atoms with Crippen molar-refractivity contribution in [3.63, 3.8) is 0 Å². The van der Waals surface area contributed by atoms with E-state index in [2.05, 4.69) is 10.0 Å². The van der Waals surface area contributed by atoms with Gasteiger partial charge in [-0.2, -0.15) is 4.72 Å². The summed E-state index contributed by atoms with van der Waals surface area (Å²) in [6.07, 6.45) is 0. The van der Waals surface area contributed by atoms with Crippen molar-refractivity contribution in [2.45, 2.75) is 26.1 Å². The van der Waals surface area contributed by atoms with Crippen molar-refractivity contribution in [3.8, 4) is 0 Å². The lowest BCUT2D eigenvalue weighted by atomic mass is 9.92. The SMILES string of the molecule is Cc1ccc(N[C@]2(NS(=O)(=O)c3ccc(Cl)cc3)C(Cl)=C(Cl)C(=O)C(Cl)(Cl)C2(Cl)Cl)cc1. The molecule has 32 heavy (non-hydrogen) atoms. The lowest BCUT2D eigenvalue weighted by Crippen LogP contribution is -2.73. The number of nitrogens with one attached hydrogen (secondary N) is 2. The van der Waals surface area contributed by atoms with E-state index in [0.717, 1.165) is 5.56 Å². The topological polar surface area (TPSA) is 75.3 Å². The molecule has 1 aliphatic carbocycles. The van der Waals surface area contributed by atoms with Crippen LogP contribution in [0, 0.1) is 6.92 Å². The molecule has 0 unspecified atom stereocenters. The minimum atomic E-state index is -4.40. The molecule has 1 atom stereocenters. The first-order valence-electron chi connectivity index (χ1n) is 8.66. The quantitative estimate of drug-likeness (QED) is 0.311. The van der Waals surface area contributed by atoms with Crippen molar-refractivity contribution in [2.75, 3.05) is 5.32 Å². The van der Waals surface area contributed by atoms with Gasteiger partial charge in [-0.15, -0.1) is 0 Å². The maximum atomic E-state index is 13.3. The zero-order chi connectivity index (χ0) is 24.1. The van der Waals surface area contributed by atoms with E-state index in [9.17, 15) is 13.2 Å². The van der Waals surface area contributed by atoms with Crippen LogP contribution in [0.5, 0.6) is 0 Å². The third-order valence-electron chi connectivity index (χ3n) is 4.67.